The molecule has 1 N–H and O–H groups in total. The third-order valence-electron chi connectivity index (χ3n) is 5.38. The number of hydrogen-bond donors (Lipinski definition) is 1. The van der Waals surface area contributed by atoms with Crippen molar-refractivity contribution in [2.24, 2.45) is 0 Å². The van der Waals surface area contributed by atoms with Crippen molar-refractivity contribution in [1.29, 1.82) is 0 Å². The van der Waals surface area contributed by atoms with Gasteiger partial charge in [-0.2, -0.15) is 0 Å². The van der Waals surface area contributed by atoms with Crippen molar-refractivity contribution in [2.75, 3.05) is 19.6 Å². The lowest BCUT2D eigenvalue weighted by atomic mass is 10.00. The number of fused-ring (bicyclic) bond motifs is 1. The van der Waals surface area contributed by atoms with Gasteiger partial charge in [-0.1, -0.05) is 35.9 Å². The van der Waals surface area contributed by atoms with Crippen LogP contribution in [0.4, 0.5) is 0 Å². The second kappa shape index (κ2) is 10.3. The largest absolute Gasteiger partial charge is 0.455 e. The average molecular weight is 457 g/mol. The molecule has 1 unspecified atom stereocenters. The molecule has 0 saturated carbocycles. The van der Waals surface area contributed by atoms with Crippen molar-refractivity contribution < 1.29 is 13.4 Å². The van der Waals surface area contributed by atoms with Gasteiger partial charge in [-0.15, -0.1) is 0 Å². The number of benzene rings is 2. The Morgan fingerprint density at radius 3 is 2.65 bits per heavy atom. The molecule has 4 rings (SSSR count). The third kappa shape index (κ3) is 5.85. The molecule has 1 aliphatic heterocycles. The van der Waals surface area contributed by atoms with E-state index in [0.29, 0.717) is 22.2 Å². The Hall–Kier alpha value is -2.41. The van der Waals surface area contributed by atoms with E-state index < -0.39 is 10.8 Å². The fraction of sp³-hybridized carbons (Fsp3) is 0.292. The minimum atomic E-state index is -1.26. The molecule has 1 aliphatic rings. The van der Waals surface area contributed by atoms with Gasteiger partial charge in [-0.05, 0) is 60.4 Å². The normalized spacial score (nSPS) is 14.7. The molecule has 0 fully saturated rings. The maximum Gasteiger partial charge on any atom is 0.286 e. The van der Waals surface area contributed by atoms with Crippen LogP contribution in [0.5, 0.6) is 0 Å². The van der Waals surface area contributed by atoms with Gasteiger partial charge < -0.3 is 9.73 Å². The van der Waals surface area contributed by atoms with Gasteiger partial charge in [0.1, 0.15) is 5.76 Å². The SMILES string of the molecule is O=C(NCCCN1CCc2ccccc2C1)c1ccc(CS(=O)c2ccc(Cl)cc2)o1. The van der Waals surface area contributed by atoms with Crippen LogP contribution >= 0.6 is 11.6 Å². The number of nitrogens with zero attached hydrogens (tertiary/aromatic N) is 1. The molecule has 0 bridgehead atoms. The van der Waals surface area contributed by atoms with Crippen molar-refractivity contribution >= 4 is 28.3 Å². The first-order valence-corrected chi connectivity index (χ1v) is 12.1. The molecule has 2 heterocycles. The van der Waals surface area contributed by atoms with E-state index in [0.717, 1.165) is 32.5 Å². The van der Waals surface area contributed by atoms with Crippen LogP contribution in [0, 0.1) is 0 Å². The molecule has 0 aliphatic carbocycles. The molecular weight excluding hydrogens is 432 g/mol. The Morgan fingerprint density at radius 2 is 1.84 bits per heavy atom. The Balaban J connectivity index is 1.20. The summed E-state index contributed by atoms with van der Waals surface area (Å²) >= 11 is 5.87. The summed E-state index contributed by atoms with van der Waals surface area (Å²) in [7, 11) is -1.26. The van der Waals surface area contributed by atoms with Crippen LogP contribution in [0.15, 0.2) is 70.0 Å². The van der Waals surface area contributed by atoms with Crippen molar-refractivity contribution in [3.63, 3.8) is 0 Å². The fourth-order valence-corrected chi connectivity index (χ4v) is 4.86. The van der Waals surface area contributed by atoms with Crippen LogP contribution in [-0.4, -0.2) is 34.7 Å². The van der Waals surface area contributed by atoms with Crippen LogP contribution in [-0.2, 0) is 29.5 Å². The highest BCUT2D eigenvalue weighted by Gasteiger charge is 2.16. The Bertz CT molecular complexity index is 1060. The van der Waals surface area contributed by atoms with Gasteiger partial charge in [0.15, 0.2) is 5.76 Å². The number of carbonyl (C=O) groups is 1. The van der Waals surface area contributed by atoms with E-state index >= 15 is 0 Å². The molecular formula is C24H25ClN2O3S. The Morgan fingerprint density at radius 1 is 1.06 bits per heavy atom. The summed E-state index contributed by atoms with van der Waals surface area (Å²) in [5.74, 6) is 0.735. The zero-order valence-corrected chi connectivity index (χ0v) is 18.8. The minimum Gasteiger partial charge on any atom is -0.455 e. The van der Waals surface area contributed by atoms with Gasteiger partial charge in [0.2, 0.25) is 0 Å². The zero-order chi connectivity index (χ0) is 21.6. The lowest BCUT2D eigenvalue weighted by Crippen LogP contribution is -2.33. The zero-order valence-electron chi connectivity index (χ0n) is 17.2. The minimum absolute atomic E-state index is 0.214. The molecule has 1 amide bonds. The van der Waals surface area contributed by atoms with Gasteiger partial charge >= 0.3 is 0 Å². The molecule has 31 heavy (non-hydrogen) atoms. The summed E-state index contributed by atoms with van der Waals surface area (Å²) < 4.78 is 18.1. The molecule has 7 heteroatoms. The second-order valence-electron chi connectivity index (χ2n) is 7.61. The number of hydrogen-bond acceptors (Lipinski definition) is 4. The van der Waals surface area contributed by atoms with E-state index in [4.69, 9.17) is 16.0 Å². The lowest BCUT2D eigenvalue weighted by Gasteiger charge is -2.28. The van der Waals surface area contributed by atoms with Crippen molar-refractivity contribution in [3.05, 3.63) is 88.3 Å². The molecule has 162 valence electrons. The summed E-state index contributed by atoms with van der Waals surface area (Å²) in [4.78, 5) is 15.5. The smallest absolute Gasteiger partial charge is 0.286 e. The van der Waals surface area contributed by atoms with Gasteiger partial charge in [-0.3, -0.25) is 13.9 Å². The molecule has 0 saturated heterocycles. The van der Waals surface area contributed by atoms with Crippen molar-refractivity contribution in [1.82, 2.24) is 10.2 Å². The van der Waals surface area contributed by atoms with E-state index in [1.54, 1.807) is 36.4 Å². The molecule has 5 nitrogen and oxygen atoms in total. The van der Waals surface area contributed by atoms with Crippen molar-refractivity contribution in [3.8, 4) is 0 Å². The number of halogens is 1. The first kappa shape index (κ1) is 21.8. The quantitative estimate of drug-likeness (QED) is 0.510. The molecule has 0 radical (unpaired) electrons. The van der Waals surface area contributed by atoms with E-state index in [2.05, 4.69) is 34.5 Å². The summed E-state index contributed by atoms with van der Waals surface area (Å²) in [6.07, 6.45) is 1.96. The highest BCUT2D eigenvalue weighted by atomic mass is 35.5. The summed E-state index contributed by atoms with van der Waals surface area (Å²) in [6, 6.07) is 18.8. The van der Waals surface area contributed by atoms with Gasteiger partial charge in [0, 0.05) is 36.1 Å². The van der Waals surface area contributed by atoms with Gasteiger partial charge in [-0.25, -0.2) is 0 Å². The highest BCUT2D eigenvalue weighted by molar-refractivity contribution is 7.84. The lowest BCUT2D eigenvalue weighted by molar-refractivity contribution is 0.0922. The number of amides is 1. The molecule has 1 atom stereocenters. The summed E-state index contributed by atoms with van der Waals surface area (Å²) in [5, 5.41) is 3.51. The third-order valence-corrected chi connectivity index (χ3v) is 6.98. The second-order valence-corrected chi connectivity index (χ2v) is 9.50. The van der Waals surface area contributed by atoms with Crippen LogP contribution < -0.4 is 5.32 Å². The van der Waals surface area contributed by atoms with E-state index in [1.807, 2.05) is 0 Å². The summed E-state index contributed by atoms with van der Waals surface area (Å²) in [6.45, 7) is 3.55. The Kier molecular flexibility index (Phi) is 7.22. The number of carbonyl (C=O) groups excluding carboxylic acids is 1. The van der Waals surface area contributed by atoms with Crippen LogP contribution in [0.1, 0.15) is 33.9 Å². The van der Waals surface area contributed by atoms with Crippen LogP contribution in [0.3, 0.4) is 0 Å². The predicted molar refractivity (Wildman–Crippen MR) is 123 cm³/mol. The number of nitrogens with one attached hydrogen (secondary N) is 1. The highest BCUT2D eigenvalue weighted by Crippen LogP contribution is 2.19. The standard InChI is InChI=1S/C24H25ClN2O3S/c25-20-6-9-22(10-7-20)31(29)17-21-8-11-23(30-21)24(28)26-13-3-14-27-15-12-18-4-1-2-5-19(18)16-27/h1-2,4-11H,3,12-17H2,(H,26,28). The molecule has 3 aromatic rings. The van der Waals surface area contributed by atoms with Crippen LogP contribution in [0.25, 0.3) is 0 Å². The average Bonchev–Trinajstić information content (AvgIpc) is 3.25. The fourth-order valence-electron chi connectivity index (χ4n) is 3.71. The number of furan rings is 1. The first-order chi connectivity index (χ1) is 15.1. The monoisotopic (exact) mass is 456 g/mol. The summed E-state index contributed by atoms with van der Waals surface area (Å²) in [5.41, 5.74) is 2.84. The molecule has 0 spiro atoms. The maximum atomic E-state index is 12.4. The van der Waals surface area contributed by atoms with Crippen molar-refractivity contribution in [2.45, 2.75) is 30.0 Å². The van der Waals surface area contributed by atoms with Gasteiger partial charge in [0.25, 0.3) is 5.91 Å². The van der Waals surface area contributed by atoms with E-state index in [1.165, 1.54) is 11.1 Å². The topological polar surface area (TPSA) is 62.6 Å². The van der Waals surface area contributed by atoms with Gasteiger partial charge in [0.05, 0.1) is 16.6 Å². The van der Waals surface area contributed by atoms with Crippen LogP contribution in [0.2, 0.25) is 5.02 Å². The predicted octanol–water partition coefficient (Wildman–Crippen LogP) is 4.42. The Labute approximate surface area is 189 Å². The van der Waals surface area contributed by atoms with E-state index in [-0.39, 0.29) is 17.4 Å². The number of rotatable bonds is 8. The van der Waals surface area contributed by atoms with E-state index in [9.17, 15) is 9.00 Å². The molecule has 2 aromatic carbocycles. The molecule has 1 aromatic heterocycles. The maximum absolute atomic E-state index is 12.4. The first-order valence-electron chi connectivity index (χ1n) is 10.4.